The Hall–Kier alpha value is -0.930. The van der Waals surface area contributed by atoms with Gasteiger partial charge in [0.25, 0.3) is 0 Å². The highest BCUT2D eigenvalue weighted by Gasteiger charge is 2.39. The molecule has 0 bridgehead atoms. The van der Waals surface area contributed by atoms with Crippen molar-refractivity contribution in [2.75, 3.05) is 13.2 Å². The van der Waals surface area contributed by atoms with E-state index in [1.807, 2.05) is 6.07 Å². The number of fused-ring (bicyclic) bond motifs is 1. The lowest BCUT2D eigenvalue weighted by atomic mass is 9.96. The van der Waals surface area contributed by atoms with Crippen molar-refractivity contribution in [1.82, 2.24) is 0 Å². The van der Waals surface area contributed by atoms with Gasteiger partial charge in [-0.05, 0) is 37.3 Å². The summed E-state index contributed by atoms with van der Waals surface area (Å²) in [6.45, 7) is 3.49. The van der Waals surface area contributed by atoms with E-state index in [-0.39, 0.29) is 5.54 Å². The fourth-order valence-electron chi connectivity index (χ4n) is 2.65. The normalized spacial score (nSPS) is 19.9. The number of halogens is 1. The molecule has 1 heterocycles. The molecular weight excluding hydrogens is 262 g/mol. The average molecular weight is 282 g/mol. The molecule has 1 aromatic carbocycles. The first kappa shape index (κ1) is 13.1. The standard InChI is InChI=1S/C15H20ClNO2/c1-2-11-10(9-15(17)4-5-15)8-12(16)14-13(11)18-6-3-7-19-14/h8H,2-7,9,17H2,1H3. The lowest BCUT2D eigenvalue weighted by Crippen LogP contribution is -2.25. The molecule has 2 aliphatic rings. The third-order valence-corrected chi connectivity index (χ3v) is 4.24. The molecule has 0 unspecified atom stereocenters. The third-order valence-electron chi connectivity index (χ3n) is 3.96. The first-order valence-electron chi connectivity index (χ1n) is 7.02. The maximum Gasteiger partial charge on any atom is 0.180 e. The van der Waals surface area contributed by atoms with Crippen molar-refractivity contribution in [3.63, 3.8) is 0 Å². The molecule has 4 heteroatoms. The highest BCUT2D eigenvalue weighted by atomic mass is 35.5. The Morgan fingerprint density at radius 2 is 1.95 bits per heavy atom. The maximum absolute atomic E-state index is 6.35. The molecule has 0 aromatic heterocycles. The fraction of sp³-hybridized carbons (Fsp3) is 0.600. The average Bonchev–Trinajstić information content (AvgIpc) is 3.13. The Morgan fingerprint density at radius 3 is 2.58 bits per heavy atom. The highest BCUT2D eigenvalue weighted by molar-refractivity contribution is 6.32. The summed E-state index contributed by atoms with van der Waals surface area (Å²) in [6.07, 6.45) is 4.88. The van der Waals surface area contributed by atoms with Crippen molar-refractivity contribution in [2.45, 2.75) is 44.6 Å². The number of hydrogen-bond donors (Lipinski definition) is 1. The Morgan fingerprint density at radius 1 is 1.26 bits per heavy atom. The number of nitrogens with two attached hydrogens (primary N) is 1. The smallest absolute Gasteiger partial charge is 0.180 e. The second kappa shape index (κ2) is 4.88. The van der Waals surface area contributed by atoms with E-state index in [0.717, 1.165) is 37.9 Å². The number of benzene rings is 1. The van der Waals surface area contributed by atoms with Crippen LogP contribution in [0.3, 0.4) is 0 Å². The number of hydrogen-bond acceptors (Lipinski definition) is 3. The Kier molecular flexibility index (Phi) is 3.35. The molecule has 1 fully saturated rings. The molecule has 1 aromatic rings. The van der Waals surface area contributed by atoms with E-state index < -0.39 is 0 Å². The zero-order chi connectivity index (χ0) is 13.5. The monoisotopic (exact) mass is 281 g/mol. The van der Waals surface area contributed by atoms with Gasteiger partial charge in [-0.1, -0.05) is 18.5 Å². The van der Waals surface area contributed by atoms with Gasteiger partial charge in [-0.25, -0.2) is 0 Å². The van der Waals surface area contributed by atoms with Gasteiger partial charge in [0.15, 0.2) is 11.5 Å². The predicted molar refractivity (Wildman–Crippen MR) is 76.3 cm³/mol. The predicted octanol–water partition coefficient (Wildman–Crippen LogP) is 3.10. The van der Waals surface area contributed by atoms with E-state index in [4.69, 9.17) is 26.8 Å². The molecule has 1 saturated carbocycles. The largest absolute Gasteiger partial charge is 0.489 e. The van der Waals surface area contributed by atoms with Gasteiger partial charge in [-0.3, -0.25) is 0 Å². The molecule has 0 saturated heterocycles. The third kappa shape index (κ3) is 2.54. The summed E-state index contributed by atoms with van der Waals surface area (Å²) in [5.41, 5.74) is 8.65. The highest BCUT2D eigenvalue weighted by Crippen LogP contribution is 2.45. The van der Waals surface area contributed by atoms with Crippen LogP contribution in [0.5, 0.6) is 11.5 Å². The van der Waals surface area contributed by atoms with Crippen molar-refractivity contribution in [3.8, 4) is 11.5 Å². The van der Waals surface area contributed by atoms with Crippen molar-refractivity contribution in [1.29, 1.82) is 0 Å². The Balaban J connectivity index is 2.04. The SMILES string of the molecule is CCc1c(CC2(N)CC2)cc(Cl)c2c1OCCCO2. The topological polar surface area (TPSA) is 44.5 Å². The van der Waals surface area contributed by atoms with Gasteiger partial charge in [0.2, 0.25) is 0 Å². The van der Waals surface area contributed by atoms with E-state index in [1.165, 1.54) is 11.1 Å². The molecule has 1 aliphatic carbocycles. The minimum atomic E-state index is -0.0208. The van der Waals surface area contributed by atoms with Crippen LogP contribution >= 0.6 is 11.6 Å². The second-order valence-corrected chi connectivity index (χ2v) is 6.00. The van der Waals surface area contributed by atoms with E-state index in [9.17, 15) is 0 Å². The fourth-order valence-corrected chi connectivity index (χ4v) is 2.93. The molecule has 0 amide bonds. The molecule has 3 rings (SSSR count). The lowest BCUT2D eigenvalue weighted by molar-refractivity contribution is 0.296. The number of ether oxygens (including phenoxy) is 2. The summed E-state index contributed by atoms with van der Waals surface area (Å²) in [5, 5.41) is 0.647. The summed E-state index contributed by atoms with van der Waals surface area (Å²) in [6, 6.07) is 2.01. The van der Waals surface area contributed by atoms with Crippen molar-refractivity contribution in [3.05, 3.63) is 22.2 Å². The molecule has 0 radical (unpaired) electrons. The van der Waals surface area contributed by atoms with Crippen molar-refractivity contribution >= 4 is 11.6 Å². The van der Waals surface area contributed by atoms with Gasteiger partial charge >= 0.3 is 0 Å². The van der Waals surface area contributed by atoms with Crippen molar-refractivity contribution in [2.24, 2.45) is 5.73 Å². The van der Waals surface area contributed by atoms with E-state index in [2.05, 4.69) is 6.92 Å². The molecule has 1 aliphatic heterocycles. The second-order valence-electron chi connectivity index (χ2n) is 5.60. The minimum absolute atomic E-state index is 0.0208. The zero-order valence-electron chi connectivity index (χ0n) is 11.3. The van der Waals surface area contributed by atoms with Gasteiger partial charge < -0.3 is 15.2 Å². The first-order valence-corrected chi connectivity index (χ1v) is 7.39. The van der Waals surface area contributed by atoms with Crippen LogP contribution < -0.4 is 15.2 Å². The van der Waals surface area contributed by atoms with E-state index in [1.54, 1.807) is 0 Å². The van der Waals surface area contributed by atoms with Gasteiger partial charge in [0.05, 0.1) is 18.2 Å². The first-order chi connectivity index (χ1) is 9.13. The lowest BCUT2D eigenvalue weighted by Gasteiger charge is -2.19. The molecule has 2 N–H and O–H groups in total. The zero-order valence-corrected chi connectivity index (χ0v) is 12.1. The summed E-state index contributed by atoms with van der Waals surface area (Å²) in [4.78, 5) is 0. The van der Waals surface area contributed by atoms with Gasteiger partial charge in [-0.2, -0.15) is 0 Å². The Bertz CT molecular complexity index is 497. The maximum atomic E-state index is 6.35. The summed E-state index contributed by atoms with van der Waals surface area (Å²) >= 11 is 6.35. The van der Waals surface area contributed by atoms with Crippen molar-refractivity contribution < 1.29 is 9.47 Å². The molecule has 19 heavy (non-hydrogen) atoms. The quantitative estimate of drug-likeness (QED) is 0.926. The molecule has 3 nitrogen and oxygen atoms in total. The summed E-state index contributed by atoms with van der Waals surface area (Å²) in [5.74, 6) is 1.55. The number of rotatable bonds is 3. The van der Waals surface area contributed by atoms with Crippen LogP contribution in [-0.4, -0.2) is 18.8 Å². The van der Waals surface area contributed by atoms with Crippen LogP contribution in [0.15, 0.2) is 6.07 Å². The molecule has 0 atom stereocenters. The van der Waals surface area contributed by atoms with Crippen LogP contribution in [0.1, 0.15) is 37.3 Å². The van der Waals surface area contributed by atoms with Crippen LogP contribution in [-0.2, 0) is 12.8 Å². The molecular formula is C15H20ClNO2. The van der Waals surface area contributed by atoms with Gasteiger partial charge in [0.1, 0.15) is 0 Å². The Labute approximate surface area is 119 Å². The van der Waals surface area contributed by atoms with E-state index in [0.29, 0.717) is 24.0 Å². The minimum Gasteiger partial charge on any atom is -0.489 e. The van der Waals surface area contributed by atoms with Crippen LogP contribution in [0.4, 0.5) is 0 Å². The van der Waals surface area contributed by atoms with Crippen LogP contribution in [0.2, 0.25) is 5.02 Å². The molecule has 104 valence electrons. The molecule has 0 spiro atoms. The van der Waals surface area contributed by atoms with E-state index >= 15 is 0 Å². The summed E-state index contributed by atoms with van der Waals surface area (Å²) in [7, 11) is 0. The van der Waals surface area contributed by atoms with Crippen LogP contribution in [0.25, 0.3) is 0 Å². The van der Waals surface area contributed by atoms with Gasteiger partial charge in [-0.15, -0.1) is 0 Å². The van der Waals surface area contributed by atoms with Gasteiger partial charge in [0, 0.05) is 17.5 Å². The summed E-state index contributed by atoms with van der Waals surface area (Å²) < 4.78 is 11.6. The van der Waals surface area contributed by atoms with Crippen LogP contribution in [0, 0.1) is 0 Å².